The number of pyridine rings is 1. The lowest BCUT2D eigenvalue weighted by Crippen LogP contribution is -2.16. The molecule has 1 N–H and O–H groups in total. The predicted molar refractivity (Wildman–Crippen MR) is 122 cm³/mol. The first-order valence-electron chi connectivity index (χ1n) is 10.4. The molecule has 5 rings (SSSR count). The van der Waals surface area contributed by atoms with Crippen molar-refractivity contribution in [1.82, 2.24) is 14.8 Å². The maximum absolute atomic E-state index is 13.6. The Kier molecular flexibility index (Phi) is 5.05. The van der Waals surface area contributed by atoms with Crippen LogP contribution in [0.15, 0.2) is 54.7 Å². The fourth-order valence-corrected chi connectivity index (χ4v) is 4.11. The van der Waals surface area contributed by atoms with Crippen LogP contribution in [0.4, 0.5) is 10.2 Å². The third-order valence-corrected chi connectivity index (χ3v) is 5.74. The second kappa shape index (κ2) is 8.05. The van der Waals surface area contributed by atoms with Gasteiger partial charge in [-0.25, -0.2) is 14.1 Å². The minimum Gasteiger partial charge on any atom is -0.493 e. The first-order chi connectivity index (χ1) is 16.0. The van der Waals surface area contributed by atoms with Crippen molar-refractivity contribution in [2.24, 2.45) is 0 Å². The first-order valence-corrected chi connectivity index (χ1v) is 10.4. The average molecular weight is 444 g/mol. The maximum Gasteiger partial charge on any atom is 0.277 e. The molecule has 8 heteroatoms. The molecule has 0 unspecified atom stereocenters. The van der Waals surface area contributed by atoms with Gasteiger partial charge in [-0.2, -0.15) is 5.10 Å². The molecule has 7 nitrogen and oxygen atoms in total. The number of nitrogens with one attached hydrogen (secondary N) is 1. The van der Waals surface area contributed by atoms with Gasteiger partial charge in [0.25, 0.3) is 5.91 Å². The average Bonchev–Trinajstić information content (AvgIpc) is 3.37. The molecule has 0 spiro atoms. The normalized spacial score (nSPS) is 11.6. The van der Waals surface area contributed by atoms with Crippen molar-refractivity contribution in [2.45, 2.75) is 13.3 Å². The summed E-state index contributed by atoms with van der Waals surface area (Å²) < 4.78 is 26.2. The molecule has 1 aliphatic carbocycles. The zero-order valence-electron chi connectivity index (χ0n) is 18.3. The number of hydrogen-bond donors (Lipinski definition) is 1. The van der Waals surface area contributed by atoms with Gasteiger partial charge < -0.3 is 14.8 Å². The summed E-state index contributed by atoms with van der Waals surface area (Å²) in [7, 11) is 3.16. The second-order valence-electron chi connectivity index (χ2n) is 7.73. The number of anilines is 1. The van der Waals surface area contributed by atoms with Crippen LogP contribution in [-0.2, 0) is 6.42 Å². The van der Waals surface area contributed by atoms with E-state index >= 15 is 0 Å². The molecule has 33 heavy (non-hydrogen) atoms. The Bertz CT molecular complexity index is 1380. The number of hydrogen-bond acceptors (Lipinski definition) is 5. The van der Waals surface area contributed by atoms with Crippen molar-refractivity contribution in [2.75, 3.05) is 19.5 Å². The van der Waals surface area contributed by atoms with Crippen LogP contribution in [0.2, 0.25) is 0 Å². The Morgan fingerprint density at radius 1 is 1.09 bits per heavy atom. The number of carbonyl (C=O) groups excluding carboxylic acids is 1. The van der Waals surface area contributed by atoms with E-state index in [1.807, 2.05) is 31.2 Å². The summed E-state index contributed by atoms with van der Waals surface area (Å²) in [5.74, 6) is 0.953. The lowest BCUT2D eigenvalue weighted by molar-refractivity contribution is 0.102. The summed E-state index contributed by atoms with van der Waals surface area (Å²) in [4.78, 5) is 17.5. The lowest BCUT2D eigenvalue weighted by atomic mass is 10.1. The standard InChI is InChI=1S/C25H21FN4O3/c1-14-5-4-10-27-24(14)28-25(31)22-19-11-15-12-20(32-2)21(33-3)13-18(15)23(19)30(29-22)17-8-6-16(26)7-9-17/h4-10,12-13H,11H2,1-3H3,(H,27,28,31). The molecule has 1 aliphatic rings. The number of ether oxygens (including phenoxy) is 2. The summed E-state index contributed by atoms with van der Waals surface area (Å²) in [5, 5.41) is 7.50. The van der Waals surface area contributed by atoms with Crippen LogP contribution < -0.4 is 14.8 Å². The van der Waals surface area contributed by atoms with Crippen molar-refractivity contribution < 1.29 is 18.7 Å². The van der Waals surface area contributed by atoms with Crippen molar-refractivity contribution in [3.05, 3.63) is 82.9 Å². The number of carbonyl (C=O) groups is 1. The van der Waals surface area contributed by atoms with Gasteiger partial charge in [-0.1, -0.05) is 6.07 Å². The quantitative estimate of drug-likeness (QED) is 0.430. The number of rotatable bonds is 5. The van der Waals surface area contributed by atoms with Crippen molar-refractivity contribution in [3.8, 4) is 28.4 Å². The number of aryl methyl sites for hydroxylation is 1. The van der Waals surface area contributed by atoms with Crippen LogP contribution in [0.3, 0.4) is 0 Å². The molecular weight excluding hydrogens is 423 g/mol. The molecule has 2 aromatic heterocycles. The largest absolute Gasteiger partial charge is 0.493 e. The highest BCUT2D eigenvalue weighted by Crippen LogP contribution is 2.44. The minimum atomic E-state index is -0.361. The van der Waals surface area contributed by atoms with Gasteiger partial charge in [0.05, 0.1) is 25.6 Å². The van der Waals surface area contributed by atoms with Gasteiger partial charge in [-0.15, -0.1) is 0 Å². The Morgan fingerprint density at radius 3 is 2.52 bits per heavy atom. The highest BCUT2D eigenvalue weighted by atomic mass is 19.1. The topological polar surface area (TPSA) is 78.3 Å². The SMILES string of the molecule is COc1cc2c(cc1OC)-c1c(c(C(=O)Nc3ncccc3C)nn1-c1ccc(F)cc1)C2. The molecule has 0 aliphatic heterocycles. The predicted octanol–water partition coefficient (Wildman–Crippen LogP) is 4.56. The summed E-state index contributed by atoms with van der Waals surface area (Å²) in [5.41, 5.74) is 5.18. The van der Waals surface area contributed by atoms with Gasteiger partial charge in [0.1, 0.15) is 11.6 Å². The summed E-state index contributed by atoms with van der Waals surface area (Å²) in [6.07, 6.45) is 2.12. The summed E-state index contributed by atoms with van der Waals surface area (Å²) in [6, 6.07) is 13.5. The van der Waals surface area contributed by atoms with Gasteiger partial charge in [0.15, 0.2) is 17.2 Å². The van der Waals surface area contributed by atoms with Crippen LogP contribution in [0.1, 0.15) is 27.2 Å². The van der Waals surface area contributed by atoms with E-state index in [1.54, 1.807) is 37.2 Å². The van der Waals surface area contributed by atoms with Crippen LogP contribution in [-0.4, -0.2) is 34.9 Å². The number of halogens is 1. The molecule has 0 atom stereocenters. The molecule has 0 bridgehead atoms. The molecule has 1 amide bonds. The molecule has 0 fully saturated rings. The van der Waals surface area contributed by atoms with Crippen molar-refractivity contribution in [1.29, 1.82) is 0 Å². The number of nitrogens with zero attached hydrogens (tertiary/aromatic N) is 3. The zero-order chi connectivity index (χ0) is 23.1. The molecular formula is C25H21FN4O3. The molecule has 2 heterocycles. The number of benzene rings is 2. The number of aromatic nitrogens is 3. The monoisotopic (exact) mass is 444 g/mol. The van der Waals surface area contributed by atoms with Crippen LogP contribution in [0, 0.1) is 12.7 Å². The van der Waals surface area contributed by atoms with Gasteiger partial charge in [0, 0.05) is 23.7 Å². The fraction of sp³-hybridized carbons (Fsp3) is 0.160. The third-order valence-electron chi connectivity index (χ3n) is 5.74. The molecule has 4 aromatic rings. The van der Waals surface area contributed by atoms with E-state index in [-0.39, 0.29) is 17.4 Å². The van der Waals surface area contributed by atoms with E-state index in [0.717, 1.165) is 27.9 Å². The van der Waals surface area contributed by atoms with Gasteiger partial charge in [-0.05, 0) is 60.5 Å². The smallest absolute Gasteiger partial charge is 0.277 e. The number of fused-ring (bicyclic) bond motifs is 3. The zero-order valence-corrected chi connectivity index (χ0v) is 18.3. The van der Waals surface area contributed by atoms with E-state index in [2.05, 4.69) is 15.4 Å². The van der Waals surface area contributed by atoms with Crippen LogP contribution in [0.5, 0.6) is 11.5 Å². The van der Waals surface area contributed by atoms with Crippen molar-refractivity contribution >= 4 is 11.7 Å². The Labute approximate surface area is 189 Å². The van der Waals surface area contributed by atoms with Gasteiger partial charge >= 0.3 is 0 Å². The molecule has 0 saturated carbocycles. The van der Waals surface area contributed by atoms with E-state index in [4.69, 9.17) is 9.47 Å². The Hall–Kier alpha value is -4.20. The van der Waals surface area contributed by atoms with E-state index in [1.165, 1.54) is 12.1 Å². The van der Waals surface area contributed by atoms with Gasteiger partial charge in [0.2, 0.25) is 0 Å². The highest BCUT2D eigenvalue weighted by molar-refractivity contribution is 6.05. The number of methoxy groups -OCH3 is 2. The molecule has 166 valence electrons. The Morgan fingerprint density at radius 2 is 1.82 bits per heavy atom. The van der Waals surface area contributed by atoms with E-state index in [0.29, 0.717) is 29.4 Å². The fourth-order valence-electron chi connectivity index (χ4n) is 4.11. The maximum atomic E-state index is 13.6. The van der Waals surface area contributed by atoms with Gasteiger partial charge in [-0.3, -0.25) is 4.79 Å². The van der Waals surface area contributed by atoms with E-state index < -0.39 is 0 Å². The number of amides is 1. The lowest BCUT2D eigenvalue weighted by Gasteiger charge is -2.12. The third kappa shape index (κ3) is 3.49. The first kappa shape index (κ1) is 20.7. The highest BCUT2D eigenvalue weighted by Gasteiger charge is 2.32. The second-order valence-corrected chi connectivity index (χ2v) is 7.73. The van der Waals surface area contributed by atoms with Crippen LogP contribution in [0.25, 0.3) is 16.9 Å². The van der Waals surface area contributed by atoms with Crippen molar-refractivity contribution in [3.63, 3.8) is 0 Å². The molecule has 0 saturated heterocycles. The van der Waals surface area contributed by atoms with Crippen LogP contribution >= 0.6 is 0 Å². The molecule has 0 radical (unpaired) electrons. The summed E-state index contributed by atoms with van der Waals surface area (Å²) >= 11 is 0. The minimum absolute atomic E-state index is 0.286. The molecule has 2 aromatic carbocycles. The summed E-state index contributed by atoms with van der Waals surface area (Å²) in [6.45, 7) is 1.87. The Balaban J connectivity index is 1.66. The van der Waals surface area contributed by atoms with E-state index in [9.17, 15) is 9.18 Å².